The number of esters is 4. The van der Waals surface area contributed by atoms with Crippen LogP contribution in [0.2, 0.25) is 0 Å². The normalized spacial score (nSPS) is 14.0. The van der Waals surface area contributed by atoms with Gasteiger partial charge in [0.2, 0.25) is 0 Å². The van der Waals surface area contributed by atoms with E-state index in [-0.39, 0.29) is 25.7 Å². The molecule has 0 fully saturated rings. The van der Waals surface area contributed by atoms with Gasteiger partial charge >= 0.3 is 39.5 Å². The van der Waals surface area contributed by atoms with Crippen LogP contribution >= 0.6 is 15.6 Å². The SMILES string of the molecule is CCCCCCCCCCCCCCCC(=O)OC[C@H](COP(=O)(O)OC[C@@H](O)COP(=O)(O)OC[C@@H](COC(=O)CCCCCCCCCC(C)C)OC(=O)CCCCCCCCCCCCCCC)OC(=O)CCCCCCCCCCCCCCCCCCCCC(C)C. The Labute approximate surface area is 594 Å². The van der Waals surface area contributed by atoms with Crippen LogP contribution in [0.15, 0.2) is 0 Å². The Morgan fingerprint density at radius 1 is 0.278 bits per heavy atom. The number of rotatable bonds is 77. The Kier molecular flexibility index (Phi) is 68.4. The summed E-state index contributed by atoms with van der Waals surface area (Å²) in [5.41, 5.74) is 0. The van der Waals surface area contributed by atoms with E-state index >= 15 is 0 Å². The largest absolute Gasteiger partial charge is 0.472 e. The summed E-state index contributed by atoms with van der Waals surface area (Å²) in [7, 11) is -9.91. The molecule has 0 saturated carbocycles. The molecule has 0 aromatic heterocycles. The van der Waals surface area contributed by atoms with Crippen molar-refractivity contribution in [1.82, 2.24) is 0 Å². The molecule has 0 bridgehead atoms. The van der Waals surface area contributed by atoms with Gasteiger partial charge in [-0.1, -0.05) is 356 Å². The lowest BCUT2D eigenvalue weighted by Gasteiger charge is -2.21. The number of hydrogen-bond acceptors (Lipinski definition) is 15. The fourth-order valence-electron chi connectivity index (χ4n) is 12.0. The Balaban J connectivity index is 5.20. The average Bonchev–Trinajstić information content (AvgIpc) is 2.39. The molecule has 0 radical (unpaired) electrons. The number of carbonyl (C=O) groups excluding carboxylic acids is 4. The molecule has 19 heteroatoms. The molecule has 0 heterocycles. The predicted octanol–water partition coefficient (Wildman–Crippen LogP) is 23.1. The number of phosphoric acid groups is 2. The number of hydrogen-bond donors (Lipinski definition) is 3. The van der Waals surface area contributed by atoms with E-state index in [1.165, 1.54) is 218 Å². The van der Waals surface area contributed by atoms with Crippen molar-refractivity contribution in [1.29, 1.82) is 0 Å². The highest BCUT2D eigenvalue weighted by Gasteiger charge is 2.30. The predicted molar refractivity (Wildman–Crippen MR) is 395 cm³/mol. The van der Waals surface area contributed by atoms with Gasteiger partial charge in [0.1, 0.15) is 19.3 Å². The molecular formula is C78H152O17P2. The third-order valence-electron chi connectivity index (χ3n) is 18.2. The highest BCUT2D eigenvalue weighted by molar-refractivity contribution is 7.47. The fourth-order valence-corrected chi connectivity index (χ4v) is 13.6. The van der Waals surface area contributed by atoms with Crippen LogP contribution in [0.5, 0.6) is 0 Å². The minimum atomic E-state index is -4.96. The van der Waals surface area contributed by atoms with Gasteiger partial charge in [-0.3, -0.25) is 37.3 Å². The van der Waals surface area contributed by atoms with E-state index in [9.17, 15) is 43.2 Å². The van der Waals surface area contributed by atoms with Crippen molar-refractivity contribution in [2.45, 2.75) is 426 Å². The number of aliphatic hydroxyl groups excluding tert-OH is 1. The van der Waals surface area contributed by atoms with E-state index in [1.807, 2.05) is 0 Å². The summed E-state index contributed by atoms with van der Waals surface area (Å²) in [6, 6.07) is 0. The van der Waals surface area contributed by atoms with E-state index in [1.54, 1.807) is 0 Å². The molecule has 0 aromatic rings. The van der Waals surface area contributed by atoms with Gasteiger partial charge in [0.25, 0.3) is 0 Å². The average molecular weight is 1420 g/mol. The molecule has 0 aliphatic rings. The molecule has 576 valence electrons. The van der Waals surface area contributed by atoms with E-state index in [2.05, 4.69) is 41.5 Å². The van der Waals surface area contributed by atoms with Gasteiger partial charge in [0.15, 0.2) is 12.2 Å². The first-order chi connectivity index (χ1) is 46.9. The molecule has 2 unspecified atom stereocenters. The summed E-state index contributed by atoms with van der Waals surface area (Å²) in [6.07, 6.45) is 58.3. The van der Waals surface area contributed by atoms with Gasteiger partial charge in [-0.05, 0) is 37.5 Å². The van der Waals surface area contributed by atoms with Crippen molar-refractivity contribution < 1.29 is 80.2 Å². The summed E-state index contributed by atoms with van der Waals surface area (Å²) in [5, 5.41) is 10.6. The zero-order valence-electron chi connectivity index (χ0n) is 63.4. The monoisotopic (exact) mass is 1420 g/mol. The summed E-state index contributed by atoms with van der Waals surface area (Å²) in [6.45, 7) is 9.59. The first-order valence-electron chi connectivity index (χ1n) is 40.5. The molecule has 0 rings (SSSR count). The third kappa shape index (κ3) is 72.2. The Bertz CT molecular complexity index is 1870. The van der Waals surface area contributed by atoms with Crippen LogP contribution in [0.4, 0.5) is 0 Å². The zero-order chi connectivity index (χ0) is 71.4. The van der Waals surface area contributed by atoms with Gasteiger partial charge in [0, 0.05) is 25.7 Å². The fraction of sp³-hybridized carbons (Fsp3) is 0.949. The minimum absolute atomic E-state index is 0.107. The van der Waals surface area contributed by atoms with Gasteiger partial charge in [-0.15, -0.1) is 0 Å². The molecule has 0 spiro atoms. The molecule has 0 aliphatic carbocycles. The van der Waals surface area contributed by atoms with E-state index in [0.717, 1.165) is 102 Å². The second-order valence-electron chi connectivity index (χ2n) is 29.1. The number of phosphoric ester groups is 2. The summed E-state index contributed by atoms with van der Waals surface area (Å²) >= 11 is 0. The standard InChI is InChI=1S/C78H152O17P2/c1-7-9-11-13-15-17-19-27-32-36-42-48-54-60-75(80)88-66-73(94-78(83)63-57-51-44-38-34-30-26-24-22-21-23-25-29-31-35-40-46-52-58-70(3)4)68-92-96(84,85)90-64-72(79)65-91-97(86,87)93-69-74(67-89-76(81)61-55-49-45-39-41-47-53-59-71(5)6)95-77(82)62-56-50-43-37-33-28-20-18-16-14-12-10-8-2/h70-74,79H,7-69H2,1-6H3,(H,84,85)(H,86,87)/t72-,73-,74-/m1/s1. The number of unbranched alkanes of at least 4 members (excludes halogenated alkanes) is 47. The quantitative estimate of drug-likeness (QED) is 0.0222. The maximum atomic E-state index is 13.1. The topological polar surface area (TPSA) is 237 Å². The Morgan fingerprint density at radius 2 is 0.474 bits per heavy atom. The lowest BCUT2D eigenvalue weighted by Crippen LogP contribution is -2.30. The minimum Gasteiger partial charge on any atom is -0.462 e. The second-order valence-corrected chi connectivity index (χ2v) is 32.0. The summed E-state index contributed by atoms with van der Waals surface area (Å²) < 4.78 is 68.6. The van der Waals surface area contributed by atoms with Crippen LogP contribution < -0.4 is 0 Å². The maximum absolute atomic E-state index is 13.1. The van der Waals surface area contributed by atoms with Crippen LogP contribution in [-0.2, 0) is 65.4 Å². The van der Waals surface area contributed by atoms with Crippen molar-refractivity contribution in [3.8, 4) is 0 Å². The number of aliphatic hydroxyl groups is 1. The lowest BCUT2D eigenvalue weighted by atomic mass is 10.0. The molecule has 97 heavy (non-hydrogen) atoms. The summed E-state index contributed by atoms with van der Waals surface area (Å²) in [5.74, 6) is -0.587. The number of carbonyl (C=O) groups is 4. The molecule has 0 aromatic carbocycles. The van der Waals surface area contributed by atoms with Crippen molar-refractivity contribution >= 4 is 39.5 Å². The van der Waals surface area contributed by atoms with Crippen LogP contribution in [0.3, 0.4) is 0 Å². The Morgan fingerprint density at radius 3 is 0.701 bits per heavy atom. The van der Waals surface area contributed by atoms with Crippen LogP contribution in [0.1, 0.15) is 408 Å². The van der Waals surface area contributed by atoms with Gasteiger partial charge in [0.05, 0.1) is 26.4 Å². The van der Waals surface area contributed by atoms with Gasteiger partial charge in [-0.2, -0.15) is 0 Å². The highest BCUT2D eigenvalue weighted by Crippen LogP contribution is 2.45. The van der Waals surface area contributed by atoms with Crippen LogP contribution in [-0.4, -0.2) is 96.7 Å². The van der Waals surface area contributed by atoms with Gasteiger partial charge in [-0.25, -0.2) is 9.13 Å². The molecule has 17 nitrogen and oxygen atoms in total. The second kappa shape index (κ2) is 69.8. The van der Waals surface area contributed by atoms with E-state index in [0.29, 0.717) is 31.6 Å². The first-order valence-corrected chi connectivity index (χ1v) is 43.5. The number of ether oxygens (including phenoxy) is 4. The molecule has 0 amide bonds. The maximum Gasteiger partial charge on any atom is 0.472 e. The molecule has 3 N–H and O–H groups in total. The van der Waals surface area contributed by atoms with Gasteiger partial charge < -0.3 is 33.8 Å². The van der Waals surface area contributed by atoms with Crippen molar-refractivity contribution in [3.05, 3.63) is 0 Å². The zero-order valence-corrected chi connectivity index (χ0v) is 65.2. The van der Waals surface area contributed by atoms with Crippen molar-refractivity contribution in [2.24, 2.45) is 11.8 Å². The van der Waals surface area contributed by atoms with Crippen LogP contribution in [0, 0.1) is 11.8 Å². The molecule has 0 aliphatic heterocycles. The first kappa shape index (κ1) is 95.1. The smallest absolute Gasteiger partial charge is 0.462 e. The van der Waals surface area contributed by atoms with Crippen LogP contribution in [0.25, 0.3) is 0 Å². The molecule has 0 saturated heterocycles. The summed E-state index contributed by atoms with van der Waals surface area (Å²) in [4.78, 5) is 72.8. The Hall–Kier alpha value is -1.94. The van der Waals surface area contributed by atoms with E-state index in [4.69, 9.17) is 37.0 Å². The third-order valence-corrected chi connectivity index (χ3v) is 20.1. The van der Waals surface area contributed by atoms with Crippen molar-refractivity contribution in [2.75, 3.05) is 39.6 Å². The highest BCUT2D eigenvalue weighted by atomic mass is 31.2. The molecule has 5 atom stereocenters. The van der Waals surface area contributed by atoms with Crippen molar-refractivity contribution in [3.63, 3.8) is 0 Å². The van der Waals surface area contributed by atoms with E-state index < -0.39 is 97.5 Å². The molecular weight excluding hydrogens is 1270 g/mol. The lowest BCUT2D eigenvalue weighted by molar-refractivity contribution is -0.161.